The second-order valence-electron chi connectivity index (χ2n) is 6.66. The molecule has 2 rings (SSSR count). The van der Waals surface area contributed by atoms with Crippen molar-refractivity contribution in [2.24, 2.45) is 4.99 Å². The van der Waals surface area contributed by atoms with Crippen molar-refractivity contribution >= 4 is 29.9 Å². The lowest BCUT2D eigenvalue weighted by Gasteiger charge is -2.26. The molecule has 2 saturated carbocycles. The molecule has 0 aromatic heterocycles. The van der Waals surface area contributed by atoms with Crippen molar-refractivity contribution < 1.29 is 0 Å². The fourth-order valence-corrected chi connectivity index (χ4v) is 3.61. The lowest BCUT2D eigenvalue weighted by molar-refractivity contribution is 0.252. The molecule has 2 aliphatic carbocycles. The zero-order valence-electron chi connectivity index (χ0n) is 14.4. The Hall–Kier alpha value is -0.0400. The molecule has 0 atom stereocenters. The zero-order chi connectivity index (χ0) is 14.9. The highest BCUT2D eigenvalue weighted by atomic mass is 127. The van der Waals surface area contributed by atoms with E-state index in [1.54, 1.807) is 0 Å². The minimum absolute atomic E-state index is 0. The molecular formula is C17H35IN4. The maximum atomic E-state index is 4.77. The van der Waals surface area contributed by atoms with Gasteiger partial charge in [-0.3, -0.25) is 4.99 Å². The van der Waals surface area contributed by atoms with Gasteiger partial charge in [0, 0.05) is 25.2 Å². The number of aliphatic imine (C=N–C) groups is 1. The first-order chi connectivity index (χ1) is 10.3. The van der Waals surface area contributed by atoms with Gasteiger partial charge in [-0.25, -0.2) is 0 Å². The monoisotopic (exact) mass is 422 g/mol. The maximum Gasteiger partial charge on any atom is 0.191 e. The van der Waals surface area contributed by atoms with Gasteiger partial charge in [-0.1, -0.05) is 32.1 Å². The molecule has 130 valence electrons. The third kappa shape index (κ3) is 7.02. The van der Waals surface area contributed by atoms with Gasteiger partial charge >= 0.3 is 0 Å². The molecule has 22 heavy (non-hydrogen) atoms. The Bertz CT molecular complexity index is 310. The molecular weight excluding hydrogens is 387 g/mol. The van der Waals surface area contributed by atoms with E-state index in [-0.39, 0.29) is 24.0 Å². The summed E-state index contributed by atoms with van der Waals surface area (Å²) < 4.78 is 0. The van der Waals surface area contributed by atoms with Gasteiger partial charge < -0.3 is 15.5 Å². The van der Waals surface area contributed by atoms with E-state index in [0.717, 1.165) is 31.6 Å². The Balaban J connectivity index is 0.00000242. The summed E-state index contributed by atoms with van der Waals surface area (Å²) in [6.45, 7) is 5.06. The second-order valence-corrected chi connectivity index (χ2v) is 6.66. The summed E-state index contributed by atoms with van der Waals surface area (Å²) >= 11 is 0. The van der Waals surface area contributed by atoms with Crippen molar-refractivity contribution in [2.75, 3.05) is 26.7 Å². The van der Waals surface area contributed by atoms with E-state index < -0.39 is 0 Å². The number of nitrogens with zero attached hydrogens (tertiary/aromatic N) is 2. The Morgan fingerprint density at radius 2 is 1.68 bits per heavy atom. The van der Waals surface area contributed by atoms with Gasteiger partial charge in [-0.15, -0.1) is 24.0 Å². The highest BCUT2D eigenvalue weighted by molar-refractivity contribution is 14.0. The van der Waals surface area contributed by atoms with Crippen LogP contribution in [0.3, 0.4) is 0 Å². The van der Waals surface area contributed by atoms with E-state index in [9.17, 15) is 0 Å². The fourth-order valence-electron chi connectivity index (χ4n) is 3.61. The van der Waals surface area contributed by atoms with Crippen molar-refractivity contribution in [1.82, 2.24) is 15.5 Å². The average molecular weight is 422 g/mol. The van der Waals surface area contributed by atoms with Crippen LogP contribution in [0.1, 0.15) is 64.7 Å². The van der Waals surface area contributed by atoms with Crippen LogP contribution in [0.15, 0.2) is 4.99 Å². The normalized spacial score (nSPS) is 21.0. The van der Waals surface area contributed by atoms with Crippen LogP contribution in [-0.4, -0.2) is 49.6 Å². The molecule has 0 spiro atoms. The summed E-state index contributed by atoms with van der Waals surface area (Å²) in [6.07, 6.45) is 12.3. The Morgan fingerprint density at radius 1 is 1.05 bits per heavy atom. The predicted molar refractivity (Wildman–Crippen MR) is 106 cm³/mol. The zero-order valence-corrected chi connectivity index (χ0v) is 16.8. The third-order valence-corrected chi connectivity index (χ3v) is 4.96. The summed E-state index contributed by atoms with van der Waals surface area (Å²) in [4.78, 5) is 7.27. The summed E-state index contributed by atoms with van der Waals surface area (Å²) in [7, 11) is 2.26. The minimum Gasteiger partial charge on any atom is -0.357 e. The lowest BCUT2D eigenvalue weighted by Crippen LogP contribution is -2.44. The van der Waals surface area contributed by atoms with Crippen LogP contribution in [0.25, 0.3) is 0 Å². The molecule has 0 heterocycles. The highest BCUT2D eigenvalue weighted by Crippen LogP contribution is 2.22. The molecule has 0 aliphatic heterocycles. The van der Waals surface area contributed by atoms with Gasteiger partial charge in [0.1, 0.15) is 0 Å². The summed E-state index contributed by atoms with van der Waals surface area (Å²) in [6, 6.07) is 1.43. The van der Waals surface area contributed by atoms with Gasteiger partial charge in [0.15, 0.2) is 5.96 Å². The predicted octanol–water partition coefficient (Wildman–Crippen LogP) is 3.37. The van der Waals surface area contributed by atoms with Gasteiger partial charge in [0.05, 0.1) is 6.54 Å². The van der Waals surface area contributed by atoms with Gasteiger partial charge in [-0.2, -0.15) is 0 Å². The number of nitrogens with one attached hydrogen (secondary N) is 2. The quantitative estimate of drug-likeness (QED) is 0.392. The lowest BCUT2D eigenvalue weighted by atomic mass is 9.96. The average Bonchev–Trinajstić information content (AvgIpc) is 3.03. The van der Waals surface area contributed by atoms with Gasteiger partial charge in [-0.05, 0) is 39.7 Å². The van der Waals surface area contributed by atoms with E-state index >= 15 is 0 Å². The van der Waals surface area contributed by atoms with Crippen molar-refractivity contribution in [2.45, 2.75) is 76.8 Å². The number of guanidine groups is 1. The number of hydrogen-bond donors (Lipinski definition) is 2. The van der Waals surface area contributed by atoms with Crippen molar-refractivity contribution in [3.63, 3.8) is 0 Å². The first-order valence-corrected chi connectivity index (χ1v) is 9.04. The Morgan fingerprint density at radius 3 is 2.32 bits per heavy atom. The van der Waals surface area contributed by atoms with Crippen LogP contribution in [0.2, 0.25) is 0 Å². The SMILES string of the molecule is CCNC(=NCCN(C)C1CCCC1)NC1CCCCC1.I. The summed E-state index contributed by atoms with van der Waals surface area (Å²) in [5, 5.41) is 7.01. The van der Waals surface area contributed by atoms with E-state index in [2.05, 4.69) is 29.5 Å². The van der Waals surface area contributed by atoms with E-state index in [4.69, 9.17) is 4.99 Å². The van der Waals surface area contributed by atoms with Crippen molar-refractivity contribution in [3.05, 3.63) is 0 Å². The number of likely N-dealkylation sites (N-methyl/N-ethyl adjacent to an activating group) is 1. The molecule has 0 radical (unpaired) electrons. The van der Waals surface area contributed by atoms with Gasteiger partial charge in [0.2, 0.25) is 0 Å². The molecule has 2 fully saturated rings. The smallest absolute Gasteiger partial charge is 0.191 e. The van der Waals surface area contributed by atoms with Gasteiger partial charge in [0.25, 0.3) is 0 Å². The first kappa shape index (κ1) is 20.0. The van der Waals surface area contributed by atoms with E-state index in [1.165, 1.54) is 57.8 Å². The van der Waals surface area contributed by atoms with Crippen LogP contribution in [0.4, 0.5) is 0 Å². The van der Waals surface area contributed by atoms with Crippen LogP contribution in [0.5, 0.6) is 0 Å². The molecule has 4 nitrogen and oxygen atoms in total. The van der Waals surface area contributed by atoms with Crippen molar-refractivity contribution in [3.8, 4) is 0 Å². The molecule has 2 N–H and O–H groups in total. The Kier molecular flexibility index (Phi) is 10.4. The van der Waals surface area contributed by atoms with E-state index in [1.807, 2.05) is 0 Å². The topological polar surface area (TPSA) is 39.7 Å². The number of halogens is 1. The standard InChI is InChI=1S/C17H34N4.HI/c1-3-18-17(20-15-9-5-4-6-10-15)19-13-14-21(2)16-11-7-8-12-16;/h15-16H,3-14H2,1-2H3,(H2,18,19,20);1H. The van der Waals surface area contributed by atoms with Crippen LogP contribution >= 0.6 is 24.0 Å². The number of rotatable bonds is 6. The molecule has 5 heteroatoms. The largest absolute Gasteiger partial charge is 0.357 e. The third-order valence-electron chi connectivity index (χ3n) is 4.96. The molecule has 2 aliphatic rings. The second kappa shape index (κ2) is 11.5. The van der Waals surface area contributed by atoms with Crippen LogP contribution < -0.4 is 10.6 Å². The first-order valence-electron chi connectivity index (χ1n) is 9.04. The minimum atomic E-state index is 0. The molecule has 0 aromatic carbocycles. The molecule has 0 bridgehead atoms. The number of hydrogen-bond acceptors (Lipinski definition) is 2. The molecule has 0 unspecified atom stereocenters. The van der Waals surface area contributed by atoms with Crippen LogP contribution in [-0.2, 0) is 0 Å². The Labute approximate surface area is 153 Å². The highest BCUT2D eigenvalue weighted by Gasteiger charge is 2.19. The van der Waals surface area contributed by atoms with Crippen molar-refractivity contribution in [1.29, 1.82) is 0 Å². The molecule has 0 aromatic rings. The fraction of sp³-hybridized carbons (Fsp3) is 0.941. The van der Waals surface area contributed by atoms with Crippen LogP contribution in [0, 0.1) is 0 Å². The maximum absolute atomic E-state index is 4.77. The molecule has 0 amide bonds. The van der Waals surface area contributed by atoms with E-state index in [0.29, 0.717) is 6.04 Å². The summed E-state index contributed by atoms with van der Waals surface area (Å²) in [5.74, 6) is 1.02. The summed E-state index contributed by atoms with van der Waals surface area (Å²) in [5.41, 5.74) is 0. The molecule has 0 saturated heterocycles.